The average Bonchev–Trinajstić information content (AvgIpc) is 2.38. The molecule has 0 radical (unpaired) electrons. The van der Waals surface area contributed by atoms with Crippen LogP contribution in [0.5, 0.6) is 0 Å². The molecule has 1 N–H and O–H groups in total. The fraction of sp³-hybridized carbons (Fsp3) is 0.562. The van der Waals surface area contributed by atoms with E-state index in [0.29, 0.717) is 18.4 Å². The van der Waals surface area contributed by atoms with Crippen molar-refractivity contribution in [1.82, 2.24) is 10.2 Å². The quantitative estimate of drug-likeness (QED) is 0.665. The number of likely N-dealkylation sites (tertiary alicyclic amines) is 1. The second kappa shape index (κ2) is 6.73. The second-order valence-electron chi connectivity index (χ2n) is 5.88. The van der Waals surface area contributed by atoms with Crippen LogP contribution in [0.2, 0.25) is 0 Å². The van der Waals surface area contributed by atoms with E-state index in [4.69, 9.17) is 0 Å². The van der Waals surface area contributed by atoms with Crippen molar-refractivity contribution in [2.45, 2.75) is 26.8 Å². The first-order valence-electron chi connectivity index (χ1n) is 7.28. The zero-order chi connectivity index (χ0) is 14.5. The fourth-order valence-electron chi connectivity index (χ4n) is 3.00. The molecule has 1 saturated heterocycles. The molecule has 1 aliphatic rings. The topological polar surface area (TPSA) is 27.6 Å². The van der Waals surface area contributed by atoms with Gasteiger partial charge in [-0.1, -0.05) is 26.0 Å². The SMILES string of the molecule is CN=C(NCc1cccc(F)c1)N1CC(C)CC(C)C1. The minimum Gasteiger partial charge on any atom is -0.352 e. The summed E-state index contributed by atoms with van der Waals surface area (Å²) in [6.45, 7) is 7.23. The van der Waals surface area contributed by atoms with Crippen molar-refractivity contribution in [1.29, 1.82) is 0 Å². The molecule has 2 unspecified atom stereocenters. The van der Waals surface area contributed by atoms with Gasteiger partial charge in [-0.15, -0.1) is 0 Å². The van der Waals surface area contributed by atoms with E-state index < -0.39 is 0 Å². The van der Waals surface area contributed by atoms with Crippen LogP contribution in [0.1, 0.15) is 25.8 Å². The highest BCUT2D eigenvalue weighted by Crippen LogP contribution is 2.20. The Morgan fingerprint density at radius 2 is 2.05 bits per heavy atom. The molecule has 2 atom stereocenters. The number of piperidine rings is 1. The standard InChI is InChI=1S/C16H24FN3/c1-12-7-13(2)11-20(10-12)16(18-3)19-9-14-5-4-6-15(17)8-14/h4-6,8,12-13H,7,9-11H2,1-3H3,(H,18,19). The molecule has 110 valence electrons. The average molecular weight is 277 g/mol. The predicted octanol–water partition coefficient (Wildman–Crippen LogP) is 2.88. The minimum absolute atomic E-state index is 0.195. The molecule has 4 heteroatoms. The van der Waals surface area contributed by atoms with Crippen LogP contribution in [0.15, 0.2) is 29.3 Å². The third-order valence-electron chi connectivity index (χ3n) is 3.72. The van der Waals surface area contributed by atoms with E-state index in [1.54, 1.807) is 19.2 Å². The summed E-state index contributed by atoms with van der Waals surface area (Å²) in [5, 5.41) is 3.33. The zero-order valence-electron chi connectivity index (χ0n) is 12.6. The van der Waals surface area contributed by atoms with Crippen molar-refractivity contribution in [2.75, 3.05) is 20.1 Å². The maximum absolute atomic E-state index is 13.2. The highest BCUT2D eigenvalue weighted by atomic mass is 19.1. The Morgan fingerprint density at radius 3 is 2.65 bits per heavy atom. The van der Waals surface area contributed by atoms with Crippen LogP contribution in [0.4, 0.5) is 4.39 Å². The Kier molecular flexibility index (Phi) is 4.99. The van der Waals surface area contributed by atoms with E-state index >= 15 is 0 Å². The Bertz CT molecular complexity index is 463. The maximum Gasteiger partial charge on any atom is 0.193 e. The van der Waals surface area contributed by atoms with E-state index in [1.807, 2.05) is 6.07 Å². The first kappa shape index (κ1) is 14.8. The van der Waals surface area contributed by atoms with Crippen LogP contribution in [0.3, 0.4) is 0 Å². The first-order valence-corrected chi connectivity index (χ1v) is 7.28. The van der Waals surface area contributed by atoms with E-state index in [-0.39, 0.29) is 5.82 Å². The van der Waals surface area contributed by atoms with Crippen molar-refractivity contribution in [3.05, 3.63) is 35.6 Å². The van der Waals surface area contributed by atoms with Gasteiger partial charge in [0.1, 0.15) is 5.82 Å². The minimum atomic E-state index is -0.195. The van der Waals surface area contributed by atoms with Crippen LogP contribution in [0, 0.1) is 17.7 Å². The van der Waals surface area contributed by atoms with Crippen LogP contribution >= 0.6 is 0 Å². The number of hydrogen-bond donors (Lipinski definition) is 1. The number of halogens is 1. The van der Waals surface area contributed by atoms with Crippen LogP contribution in [0.25, 0.3) is 0 Å². The molecule has 1 aliphatic heterocycles. The van der Waals surface area contributed by atoms with Crippen LogP contribution in [-0.2, 0) is 6.54 Å². The van der Waals surface area contributed by atoms with Crippen LogP contribution < -0.4 is 5.32 Å². The summed E-state index contributed by atoms with van der Waals surface area (Å²) < 4.78 is 13.2. The molecule has 0 amide bonds. The molecular formula is C16H24FN3. The molecule has 3 nitrogen and oxygen atoms in total. The largest absolute Gasteiger partial charge is 0.352 e. The lowest BCUT2D eigenvalue weighted by Crippen LogP contribution is -2.48. The molecule has 0 aromatic heterocycles. The van der Waals surface area contributed by atoms with Crippen molar-refractivity contribution in [3.63, 3.8) is 0 Å². The van der Waals surface area contributed by atoms with E-state index in [1.165, 1.54) is 12.5 Å². The van der Waals surface area contributed by atoms with E-state index in [2.05, 4.69) is 29.1 Å². The molecule has 1 heterocycles. The van der Waals surface area contributed by atoms with Crippen molar-refractivity contribution in [3.8, 4) is 0 Å². The van der Waals surface area contributed by atoms with Crippen molar-refractivity contribution in [2.24, 2.45) is 16.8 Å². The molecule has 2 rings (SSSR count). The lowest BCUT2D eigenvalue weighted by molar-refractivity contribution is 0.208. The van der Waals surface area contributed by atoms with Gasteiger partial charge < -0.3 is 10.2 Å². The monoisotopic (exact) mass is 277 g/mol. The maximum atomic E-state index is 13.2. The summed E-state index contributed by atoms with van der Waals surface area (Å²) in [7, 11) is 1.80. The summed E-state index contributed by atoms with van der Waals surface area (Å²) in [6.07, 6.45) is 1.28. The lowest BCUT2D eigenvalue weighted by atomic mass is 9.92. The zero-order valence-corrected chi connectivity index (χ0v) is 12.6. The molecule has 0 spiro atoms. The van der Waals surface area contributed by atoms with Crippen LogP contribution in [-0.4, -0.2) is 31.0 Å². The fourth-order valence-corrected chi connectivity index (χ4v) is 3.00. The van der Waals surface area contributed by atoms with E-state index in [0.717, 1.165) is 24.6 Å². The Labute approximate surface area is 120 Å². The predicted molar refractivity (Wildman–Crippen MR) is 81.1 cm³/mol. The van der Waals surface area contributed by atoms with Gasteiger partial charge in [-0.3, -0.25) is 4.99 Å². The van der Waals surface area contributed by atoms with Gasteiger partial charge >= 0.3 is 0 Å². The van der Waals surface area contributed by atoms with Gasteiger partial charge in [-0.25, -0.2) is 4.39 Å². The Morgan fingerprint density at radius 1 is 1.35 bits per heavy atom. The summed E-state index contributed by atoms with van der Waals surface area (Å²) in [4.78, 5) is 6.66. The molecule has 20 heavy (non-hydrogen) atoms. The number of aliphatic imine (C=N–C) groups is 1. The number of benzene rings is 1. The Hall–Kier alpha value is -1.58. The summed E-state index contributed by atoms with van der Waals surface area (Å²) in [5.41, 5.74) is 0.934. The highest BCUT2D eigenvalue weighted by Gasteiger charge is 2.23. The normalized spacial score (nSPS) is 23.8. The van der Waals surface area contributed by atoms with Gasteiger partial charge in [-0.05, 0) is 36.0 Å². The second-order valence-corrected chi connectivity index (χ2v) is 5.88. The number of nitrogens with zero attached hydrogens (tertiary/aromatic N) is 2. The Balaban J connectivity index is 1.96. The number of guanidine groups is 1. The van der Waals surface area contributed by atoms with Gasteiger partial charge in [-0.2, -0.15) is 0 Å². The van der Waals surface area contributed by atoms with Gasteiger partial charge in [0.2, 0.25) is 0 Å². The molecule has 1 aromatic rings. The van der Waals surface area contributed by atoms with E-state index in [9.17, 15) is 4.39 Å². The molecule has 1 aromatic carbocycles. The third-order valence-corrected chi connectivity index (χ3v) is 3.72. The van der Waals surface area contributed by atoms with Crippen molar-refractivity contribution < 1.29 is 4.39 Å². The summed E-state index contributed by atoms with van der Waals surface area (Å²) in [5.74, 6) is 2.09. The lowest BCUT2D eigenvalue weighted by Gasteiger charge is -2.37. The number of nitrogens with one attached hydrogen (secondary N) is 1. The summed E-state index contributed by atoms with van der Waals surface area (Å²) >= 11 is 0. The third kappa shape index (κ3) is 3.95. The molecule has 0 saturated carbocycles. The molecular weight excluding hydrogens is 253 g/mol. The number of hydrogen-bond acceptors (Lipinski definition) is 1. The first-order chi connectivity index (χ1) is 9.58. The molecule has 1 fully saturated rings. The number of rotatable bonds is 2. The van der Waals surface area contributed by atoms with Gasteiger partial charge in [0, 0.05) is 26.7 Å². The van der Waals surface area contributed by atoms with Gasteiger partial charge in [0.15, 0.2) is 5.96 Å². The summed E-state index contributed by atoms with van der Waals surface area (Å²) in [6, 6.07) is 6.68. The van der Waals surface area contributed by atoms with Gasteiger partial charge in [0.25, 0.3) is 0 Å². The van der Waals surface area contributed by atoms with Crippen molar-refractivity contribution >= 4 is 5.96 Å². The molecule has 0 aliphatic carbocycles. The van der Waals surface area contributed by atoms with Gasteiger partial charge in [0.05, 0.1) is 0 Å². The molecule has 0 bridgehead atoms. The smallest absolute Gasteiger partial charge is 0.193 e. The highest BCUT2D eigenvalue weighted by molar-refractivity contribution is 5.80.